The van der Waals surface area contributed by atoms with Gasteiger partial charge in [-0.15, -0.1) is 0 Å². The van der Waals surface area contributed by atoms with Crippen molar-refractivity contribution in [2.75, 3.05) is 40.5 Å². The Morgan fingerprint density at radius 2 is 1.17 bits per heavy atom. The number of carbonyl (C=O) groups excluding carboxylic acids is 2. The average Bonchev–Trinajstić information content (AvgIpc) is 3.53. The van der Waals surface area contributed by atoms with Crippen LogP contribution in [0.4, 0.5) is 11.4 Å². The fourth-order valence-electron chi connectivity index (χ4n) is 6.09. The van der Waals surface area contributed by atoms with E-state index in [-0.39, 0.29) is 36.1 Å². The van der Waals surface area contributed by atoms with Crippen LogP contribution in [0.15, 0.2) is 46.4 Å². The molecule has 0 aromatic heterocycles. The van der Waals surface area contributed by atoms with Gasteiger partial charge in [0.15, 0.2) is 0 Å². The highest BCUT2D eigenvalue weighted by atomic mass is 16.5. The number of carbonyl (C=O) groups is 2. The Morgan fingerprint density at radius 3 is 1.61 bits per heavy atom. The number of hydrogen-bond donors (Lipinski definition) is 0. The lowest BCUT2D eigenvalue weighted by Crippen LogP contribution is -2.40. The van der Waals surface area contributed by atoms with E-state index >= 15 is 0 Å². The molecule has 216 valence electrons. The second kappa shape index (κ2) is 12.0. The zero-order chi connectivity index (χ0) is 28.3. The molecule has 6 rings (SSSR count). The number of fused-ring (bicyclic) bond motifs is 4. The first-order chi connectivity index (χ1) is 20.1. The highest BCUT2D eigenvalue weighted by molar-refractivity contribution is 6.04. The first-order valence-corrected chi connectivity index (χ1v) is 14.4. The largest absolute Gasteiger partial charge is 0.497 e. The molecular weight excluding hydrogens is 524 g/mol. The molecule has 2 fully saturated rings. The third-order valence-electron chi connectivity index (χ3n) is 8.37. The van der Waals surface area contributed by atoms with Crippen LogP contribution in [0, 0.1) is 0 Å². The lowest BCUT2D eigenvalue weighted by molar-refractivity contribution is 0.0317. The third kappa shape index (κ3) is 5.46. The summed E-state index contributed by atoms with van der Waals surface area (Å²) < 4.78 is 23.0. The predicted molar refractivity (Wildman–Crippen MR) is 155 cm³/mol. The molecular formula is C31H36N4O6. The van der Waals surface area contributed by atoms with E-state index in [0.717, 1.165) is 32.1 Å². The summed E-state index contributed by atoms with van der Waals surface area (Å²) in [5, 5.41) is 0. The van der Waals surface area contributed by atoms with E-state index in [1.54, 1.807) is 50.6 Å². The molecule has 4 heterocycles. The van der Waals surface area contributed by atoms with Gasteiger partial charge in [0.25, 0.3) is 11.8 Å². The molecule has 2 unspecified atom stereocenters. The van der Waals surface area contributed by atoms with Crippen molar-refractivity contribution >= 4 is 35.6 Å². The number of methoxy groups -OCH3 is 2. The predicted octanol–water partition coefficient (Wildman–Crippen LogP) is 4.21. The van der Waals surface area contributed by atoms with Crippen LogP contribution in [0.2, 0.25) is 0 Å². The van der Waals surface area contributed by atoms with Crippen molar-refractivity contribution in [3.8, 4) is 11.5 Å². The quantitative estimate of drug-likeness (QED) is 0.404. The first kappa shape index (κ1) is 27.4. The molecule has 0 spiro atoms. The van der Waals surface area contributed by atoms with Gasteiger partial charge in [-0.25, -0.2) is 0 Å². The molecule has 0 bridgehead atoms. The van der Waals surface area contributed by atoms with E-state index in [4.69, 9.17) is 18.9 Å². The average molecular weight is 561 g/mol. The Morgan fingerprint density at radius 1 is 0.707 bits per heavy atom. The van der Waals surface area contributed by atoms with E-state index in [9.17, 15) is 9.59 Å². The number of hydrogen-bond acceptors (Lipinski definition) is 8. The second-order valence-corrected chi connectivity index (χ2v) is 10.8. The number of aliphatic imine (C=N–C) groups is 2. The molecule has 2 amide bonds. The summed E-state index contributed by atoms with van der Waals surface area (Å²) in [4.78, 5) is 39.2. The molecule has 4 atom stereocenters. The molecule has 0 aliphatic carbocycles. The lowest BCUT2D eigenvalue weighted by atomic mass is 10.1. The summed E-state index contributed by atoms with van der Waals surface area (Å²) in [5.41, 5.74) is 2.47. The van der Waals surface area contributed by atoms with Gasteiger partial charge < -0.3 is 28.7 Å². The Hall–Kier alpha value is -3.76. The van der Waals surface area contributed by atoms with Crippen molar-refractivity contribution in [1.29, 1.82) is 0 Å². The lowest BCUT2D eigenvalue weighted by Gasteiger charge is -2.24. The van der Waals surface area contributed by atoms with Crippen LogP contribution >= 0.6 is 0 Å². The monoisotopic (exact) mass is 560 g/mol. The summed E-state index contributed by atoms with van der Waals surface area (Å²) in [6.07, 6.45) is 7.96. The van der Waals surface area contributed by atoms with Crippen LogP contribution < -0.4 is 9.47 Å². The van der Waals surface area contributed by atoms with Gasteiger partial charge >= 0.3 is 0 Å². The normalized spacial score (nSPS) is 24.4. The van der Waals surface area contributed by atoms with E-state index in [1.165, 1.54) is 0 Å². The molecule has 10 heteroatoms. The maximum absolute atomic E-state index is 13.1. The number of nitrogens with zero attached hydrogens (tertiary/aromatic N) is 4. The molecule has 2 saturated heterocycles. The topological polar surface area (TPSA) is 102 Å². The fraction of sp³-hybridized carbons (Fsp3) is 0.484. The maximum Gasteiger partial charge on any atom is 0.256 e. The number of ether oxygens (including phenoxy) is 4. The first-order valence-electron chi connectivity index (χ1n) is 14.4. The van der Waals surface area contributed by atoms with Crippen molar-refractivity contribution in [3.05, 3.63) is 47.5 Å². The van der Waals surface area contributed by atoms with Crippen LogP contribution in [0.5, 0.6) is 11.5 Å². The Bertz CT molecular complexity index is 1260. The van der Waals surface area contributed by atoms with E-state index in [0.29, 0.717) is 60.3 Å². The number of rotatable bonds is 10. The molecule has 0 radical (unpaired) electrons. The molecule has 2 aromatic rings. The van der Waals surface area contributed by atoms with Gasteiger partial charge in [0, 0.05) is 50.9 Å². The van der Waals surface area contributed by atoms with Gasteiger partial charge in [0.05, 0.1) is 61.0 Å². The van der Waals surface area contributed by atoms with Crippen LogP contribution in [0.3, 0.4) is 0 Å². The van der Waals surface area contributed by atoms with Crippen molar-refractivity contribution in [2.24, 2.45) is 9.98 Å². The molecule has 10 nitrogen and oxygen atoms in total. The summed E-state index contributed by atoms with van der Waals surface area (Å²) in [6, 6.07) is 10.4. The zero-order valence-corrected chi connectivity index (χ0v) is 23.5. The smallest absolute Gasteiger partial charge is 0.256 e. The number of unbranched alkanes of at least 4 members (excludes halogenated alkanes) is 2. The molecule has 0 N–H and O–H groups in total. The molecule has 41 heavy (non-hydrogen) atoms. The van der Waals surface area contributed by atoms with Crippen LogP contribution in [0.25, 0.3) is 0 Å². The summed E-state index contributed by atoms with van der Waals surface area (Å²) in [5.74, 6) is 1.34. The SMILES string of the molecule is COc1ccc2c(c1)N=C[C@@H]1C(OCCCCCOC3CCN4C(=O)c5ccc(OC)cc5N=C[C@H]34)CCN1C2=O. The Balaban J connectivity index is 0.940. The van der Waals surface area contributed by atoms with Crippen LogP contribution in [0.1, 0.15) is 52.8 Å². The molecule has 0 saturated carbocycles. The molecule has 4 aliphatic heterocycles. The number of amides is 2. The minimum Gasteiger partial charge on any atom is -0.497 e. The van der Waals surface area contributed by atoms with Crippen molar-refractivity contribution in [1.82, 2.24) is 9.80 Å². The fourth-order valence-corrected chi connectivity index (χ4v) is 6.09. The van der Waals surface area contributed by atoms with Gasteiger partial charge in [-0.2, -0.15) is 0 Å². The van der Waals surface area contributed by atoms with Crippen molar-refractivity contribution in [2.45, 2.75) is 56.4 Å². The van der Waals surface area contributed by atoms with E-state index in [1.807, 2.05) is 22.2 Å². The minimum absolute atomic E-state index is 0.0112. The highest BCUT2D eigenvalue weighted by Gasteiger charge is 2.40. The van der Waals surface area contributed by atoms with Gasteiger partial charge in [-0.05, 0) is 56.4 Å². The van der Waals surface area contributed by atoms with Crippen LogP contribution in [-0.2, 0) is 9.47 Å². The maximum atomic E-state index is 13.1. The van der Waals surface area contributed by atoms with Gasteiger partial charge in [0.1, 0.15) is 11.5 Å². The van der Waals surface area contributed by atoms with Gasteiger partial charge in [-0.1, -0.05) is 0 Å². The zero-order valence-electron chi connectivity index (χ0n) is 23.5. The molecule has 2 aromatic carbocycles. The van der Waals surface area contributed by atoms with E-state index in [2.05, 4.69) is 9.98 Å². The third-order valence-corrected chi connectivity index (χ3v) is 8.37. The summed E-state index contributed by atoms with van der Waals surface area (Å²) in [6.45, 7) is 2.56. The van der Waals surface area contributed by atoms with Crippen molar-refractivity contribution in [3.63, 3.8) is 0 Å². The van der Waals surface area contributed by atoms with Crippen molar-refractivity contribution < 1.29 is 28.5 Å². The summed E-state index contributed by atoms with van der Waals surface area (Å²) in [7, 11) is 3.21. The Labute approximate surface area is 239 Å². The van der Waals surface area contributed by atoms with Gasteiger partial charge in [0.2, 0.25) is 0 Å². The van der Waals surface area contributed by atoms with E-state index < -0.39 is 0 Å². The van der Waals surface area contributed by atoms with Gasteiger partial charge in [-0.3, -0.25) is 19.6 Å². The highest BCUT2D eigenvalue weighted by Crippen LogP contribution is 2.34. The summed E-state index contributed by atoms with van der Waals surface area (Å²) >= 11 is 0. The molecule has 4 aliphatic rings. The Kier molecular flexibility index (Phi) is 8.02. The van der Waals surface area contributed by atoms with Crippen LogP contribution in [-0.4, -0.2) is 98.9 Å². The number of benzene rings is 2. The minimum atomic E-state index is -0.161. The second-order valence-electron chi connectivity index (χ2n) is 10.8. The standard InChI is InChI=1S/C31H36N4O6/c1-38-20-6-8-22-24(16-20)32-18-26-28(10-12-34(26)30(22)36)40-14-4-3-5-15-41-29-11-13-35-27(29)19-33-25-17-21(39-2)7-9-23(25)31(35)37/h6-9,16-19,26-29H,3-5,10-15H2,1-2H3/t26-,27-,28?,29?/m1/s1.